The van der Waals surface area contributed by atoms with E-state index in [0.717, 1.165) is 25.8 Å². The van der Waals surface area contributed by atoms with Gasteiger partial charge in [0, 0.05) is 35.3 Å². The third-order valence-corrected chi connectivity index (χ3v) is 10.5. The van der Waals surface area contributed by atoms with Gasteiger partial charge in [-0.2, -0.15) is 0 Å². The molecule has 1 heteroatoms. The number of benzene rings is 1. The molecule has 1 nitrogen and oxygen atoms in total. The van der Waals surface area contributed by atoms with E-state index in [-0.39, 0.29) is 5.41 Å². The van der Waals surface area contributed by atoms with Gasteiger partial charge in [0.2, 0.25) is 0 Å². The van der Waals surface area contributed by atoms with Crippen molar-refractivity contribution in [3.8, 4) is 0 Å². The van der Waals surface area contributed by atoms with Crippen molar-refractivity contribution in [1.29, 1.82) is 0 Å². The molecular formula is C44H47N. The highest BCUT2D eigenvalue weighted by Crippen LogP contribution is 2.58. The van der Waals surface area contributed by atoms with E-state index >= 15 is 0 Å². The topological polar surface area (TPSA) is 3.24 Å². The van der Waals surface area contributed by atoms with Crippen molar-refractivity contribution in [2.75, 3.05) is 6.54 Å². The summed E-state index contributed by atoms with van der Waals surface area (Å²) in [7, 11) is 0. The third-order valence-electron chi connectivity index (χ3n) is 10.5. The molecule has 6 aliphatic carbocycles. The fraction of sp³-hybridized carbons (Fsp3) is 0.318. The van der Waals surface area contributed by atoms with Crippen molar-refractivity contribution in [3.05, 3.63) is 171 Å². The summed E-state index contributed by atoms with van der Waals surface area (Å²) < 4.78 is 0. The highest BCUT2D eigenvalue weighted by molar-refractivity contribution is 5.79. The molecule has 0 N–H and O–H groups in total. The molecule has 6 aliphatic rings. The lowest BCUT2D eigenvalue weighted by atomic mass is 9.76. The molecule has 0 heterocycles. The van der Waals surface area contributed by atoms with E-state index in [1.807, 2.05) is 0 Å². The molecule has 7 rings (SSSR count). The van der Waals surface area contributed by atoms with Crippen LogP contribution in [0.25, 0.3) is 5.57 Å². The standard InChI is InChI=1S/C44H47N/c1-4-37(28-27-32-17-12-13-18-32)45(42-26-16-25-38(42)34-21-9-7-10-22-34)31-35-23-8-5-6-11-24-39-40-29-36(33-19-14-15-20-33)30-41(40)44(2,3)43(35)39/h4-10,16-17,19,21-25,27-29H,11-15,18,20,26,30-31H2,1-3H3/b6-5?,23-8-,28-27-,37-4+,39-24-,43-35-. The molecule has 1 aromatic rings. The summed E-state index contributed by atoms with van der Waals surface area (Å²) in [6, 6.07) is 10.9. The Kier molecular flexibility index (Phi) is 8.37. The van der Waals surface area contributed by atoms with Gasteiger partial charge < -0.3 is 4.90 Å². The Morgan fingerprint density at radius 2 is 1.73 bits per heavy atom. The zero-order valence-electron chi connectivity index (χ0n) is 27.4. The zero-order valence-corrected chi connectivity index (χ0v) is 27.4. The van der Waals surface area contributed by atoms with Crippen molar-refractivity contribution < 1.29 is 0 Å². The summed E-state index contributed by atoms with van der Waals surface area (Å²) in [5.74, 6) is 0. The molecule has 0 bridgehead atoms. The van der Waals surface area contributed by atoms with Crippen LogP contribution in [0.3, 0.4) is 0 Å². The van der Waals surface area contributed by atoms with E-state index in [1.165, 1.54) is 88.9 Å². The first kappa shape index (κ1) is 29.6. The number of hydrogen-bond donors (Lipinski definition) is 0. The highest BCUT2D eigenvalue weighted by atomic mass is 15.1. The maximum Gasteiger partial charge on any atom is 0.0482 e. The average Bonchev–Trinajstić information content (AvgIpc) is 3.88. The number of fused-ring (bicyclic) bond motifs is 2. The number of rotatable bonds is 8. The summed E-state index contributed by atoms with van der Waals surface area (Å²) in [6.07, 6.45) is 41.3. The minimum absolute atomic E-state index is 0.0284. The fourth-order valence-electron chi connectivity index (χ4n) is 8.23. The summed E-state index contributed by atoms with van der Waals surface area (Å²) >= 11 is 0. The van der Waals surface area contributed by atoms with Crippen molar-refractivity contribution >= 4 is 5.57 Å². The number of nitrogens with zero attached hydrogens (tertiary/aromatic N) is 1. The average molecular weight is 590 g/mol. The molecule has 0 saturated carbocycles. The van der Waals surface area contributed by atoms with Gasteiger partial charge in [0.05, 0.1) is 0 Å². The van der Waals surface area contributed by atoms with Gasteiger partial charge in [0.1, 0.15) is 0 Å². The Hall–Kier alpha value is -4.10. The monoisotopic (exact) mass is 589 g/mol. The molecule has 0 spiro atoms. The lowest BCUT2D eigenvalue weighted by Gasteiger charge is -2.33. The van der Waals surface area contributed by atoms with E-state index in [2.05, 4.69) is 135 Å². The van der Waals surface area contributed by atoms with Gasteiger partial charge >= 0.3 is 0 Å². The van der Waals surface area contributed by atoms with Crippen LogP contribution in [0.1, 0.15) is 84.1 Å². The van der Waals surface area contributed by atoms with Gasteiger partial charge in [-0.1, -0.05) is 123 Å². The van der Waals surface area contributed by atoms with Crippen LogP contribution in [0.4, 0.5) is 0 Å². The molecule has 228 valence electrons. The minimum Gasteiger partial charge on any atom is -0.340 e. The van der Waals surface area contributed by atoms with Crippen LogP contribution in [0.5, 0.6) is 0 Å². The second-order valence-electron chi connectivity index (χ2n) is 13.7. The second kappa shape index (κ2) is 12.7. The summed E-state index contributed by atoms with van der Waals surface area (Å²) in [6.45, 7) is 8.00. The predicted molar refractivity (Wildman–Crippen MR) is 192 cm³/mol. The van der Waals surface area contributed by atoms with Crippen LogP contribution < -0.4 is 0 Å². The van der Waals surface area contributed by atoms with Gasteiger partial charge in [0.25, 0.3) is 0 Å². The van der Waals surface area contributed by atoms with E-state index in [4.69, 9.17) is 0 Å². The minimum atomic E-state index is -0.0284. The molecule has 45 heavy (non-hydrogen) atoms. The molecule has 0 amide bonds. The van der Waals surface area contributed by atoms with Crippen molar-refractivity contribution in [2.45, 2.75) is 78.6 Å². The fourth-order valence-corrected chi connectivity index (χ4v) is 8.23. The second-order valence-corrected chi connectivity index (χ2v) is 13.7. The van der Waals surface area contributed by atoms with E-state index in [0.29, 0.717) is 0 Å². The first-order valence-corrected chi connectivity index (χ1v) is 17.2. The molecule has 0 unspecified atom stereocenters. The van der Waals surface area contributed by atoms with Crippen LogP contribution in [0.15, 0.2) is 165 Å². The van der Waals surface area contributed by atoms with Gasteiger partial charge in [-0.25, -0.2) is 0 Å². The molecule has 0 aliphatic heterocycles. The molecule has 0 aromatic heterocycles. The lowest BCUT2D eigenvalue weighted by molar-refractivity contribution is 0.464. The molecule has 0 saturated heterocycles. The Labute approximate surface area is 271 Å². The van der Waals surface area contributed by atoms with Gasteiger partial charge in [-0.3, -0.25) is 0 Å². The van der Waals surface area contributed by atoms with Crippen LogP contribution in [0.2, 0.25) is 0 Å². The van der Waals surface area contributed by atoms with E-state index in [9.17, 15) is 0 Å². The van der Waals surface area contributed by atoms with Crippen LogP contribution in [-0.2, 0) is 0 Å². The predicted octanol–water partition coefficient (Wildman–Crippen LogP) is 11.7. The number of hydrogen-bond acceptors (Lipinski definition) is 1. The Morgan fingerprint density at radius 1 is 0.889 bits per heavy atom. The van der Waals surface area contributed by atoms with Gasteiger partial charge in [0.15, 0.2) is 0 Å². The summed E-state index contributed by atoms with van der Waals surface area (Å²) in [5.41, 5.74) is 17.4. The molecule has 0 fully saturated rings. The quantitative estimate of drug-likeness (QED) is 0.273. The largest absolute Gasteiger partial charge is 0.340 e. The Morgan fingerprint density at radius 3 is 2.51 bits per heavy atom. The molecular weight excluding hydrogens is 542 g/mol. The lowest BCUT2D eigenvalue weighted by Crippen LogP contribution is -2.26. The van der Waals surface area contributed by atoms with Gasteiger partial charge in [-0.05, 0) is 109 Å². The Bertz CT molecular complexity index is 1740. The normalized spacial score (nSPS) is 26.0. The van der Waals surface area contributed by atoms with Gasteiger partial charge in [-0.15, -0.1) is 0 Å². The number of allylic oxidation sites excluding steroid dienone is 20. The SMILES string of the molecule is C/C=C(\C=C/C1=CCCC1)N(CC1=C2/C(=C\CC=C/C=C\1)C1=C(CC(C3=CCCC3)=C1)C2(C)C)C1=C(c2ccccc2)C=CC1. The van der Waals surface area contributed by atoms with Crippen molar-refractivity contribution in [2.24, 2.45) is 5.41 Å². The van der Waals surface area contributed by atoms with Crippen molar-refractivity contribution in [1.82, 2.24) is 4.90 Å². The smallest absolute Gasteiger partial charge is 0.0482 e. The highest BCUT2D eigenvalue weighted by Gasteiger charge is 2.44. The van der Waals surface area contributed by atoms with Crippen molar-refractivity contribution in [3.63, 3.8) is 0 Å². The molecule has 1 aromatic carbocycles. The first-order valence-electron chi connectivity index (χ1n) is 17.2. The third kappa shape index (κ3) is 5.74. The van der Waals surface area contributed by atoms with Crippen LogP contribution >= 0.6 is 0 Å². The van der Waals surface area contributed by atoms with E-state index < -0.39 is 0 Å². The first-order chi connectivity index (χ1) is 22.0. The summed E-state index contributed by atoms with van der Waals surface area (Å²) in [4.78, 5) is 2.62. The zero-order chi connectivity index (χ0) is 30.8. The Balaban J connectivity index is 1.34. The molecule has 0 atom stereocenters. The van der Waals surface area contributed by atoms with E-state index in [1.54, 1.807) is 16.7 Å². The maximum atomic E-state index is 2.62. The van der Waals surface area contributed by atoms with Crippen LogP contribution in [-0.4, -0.2) is 11.4 Å². The molecule has 0 radical (unpaired) electrons. The summed E-state index contributed by atoms with van der Waals surface area (Å²) in [5, 5.41) is 0. The van der Waals surface area contributed by atoms with Crippen LogP contribution in [0, 0.1) is 5.41 Å². The maximum absolute atomic E-state index is 2.62.